The quantitative estimate of drug-likeness (QED) is 0.513. The summed E-state index contributed by atoms with van der Waals surface area (Å²) in [5.41, 5.74) is 1.05. The SMILES string of the molecule is CCCCOc1ccc(NC(=S)NC(=O)c2ccc(Cl)cc2Cl)cc1. The van der Waals surface area contributed by atoms with Crippen molar-refractivity contribution in [1.29, 1.82) is 0 Å². The van der Waals surface area contributed by atoms with Gasteiger partial charge in [-0.25, -0.2) is 0 Å². The van der Waals surface area contributed by atoms with Crippen LogP contribution in [0.2, 0.25) is 10.0 Å². The molecule has 0 heterocycles. The van der Waals surface area contributed by atoms with Gasteiger partial charge in [0.25, 0.3) is 5.91 Å². The number of carbonyl (C=O) groups is 1. The number of nitrogens with one attached hydrogen (secondary N) is 2. The van der Waals surface area contributed by atoms with Gasteiger partial charge in [-0.2, -0.15) is 0 Å². The van der Waals surface area contributed by atoms with E-state index in [0.29, 0.717) is 17.2 Å². The maximum Gasteiger partial charge on any atom is 0.258 e. The van der Waals surface area contributed by atoms with Crippen molar-refractivity contribution in [2.75, 3.05) is 11.9 Å². The molecular formula is C18H18Cl2N2O2S. The highest BCUT2D eigenvalue weighted by Crippen LogP contribution is 2.21. The lowest BCUT2D eigenvalue weighted by Crippen LogP contribution is -2.34. The second kappa shape index (κ2) is 9.61. The molecule has 2 aromatic carbocycles. The summed E-state index contributed by atoms with van der Waals surface area (Å²) in [7, 11) is 0. The first-order chi connectivity index (χ1) is 12.0. The molecule has 0 aliphatic carbocycles. The molecule has 0 radical (unpaired) electrons. The minimum absolute atomic E-state index is 0.177. The molecule has 0 aliphatic rings. The van der Waals surface area contributed by atoms with Gasteiger partial charge in [-0.1, -0.05) is 36.5 Å². The third-order valence-corrected chi connectivity index (χ3v) is 4.03. The summed E-state index contributed by atoms with van der Waals surface area (Å²) in [5, 5.41) is 6.43. The van der Waals surface area contributed by atoms with Crippen molar-refractivity contribution < 1.29 is 9.53 Å². The summed E-state index contributed by atoms with van der Waals surface area (Å²) in [6, 6.07) is 12.0. The fraction of sp³-hybridized carbons (Fsp3) is 0.222. The second-order valence-electron chi connectivity index (χ2n) is 5.26. The zero-order valence-electron chi connectivity index (χ0n) is 13.6. The van der Waals surface area contributed by atoms with E-state index in [4.69, 9.17) is 40.2 Å². The van der Waals surface area contributed by atoms with E-state index in [9.17, 15) is 4.79 Å². The molecule has 2 rings (SSSR count). The lowest BCUT2D eigenvalue weighted by Gasteiger charge is -2.11. The van der Waals surface area contributed by atoms with Crippen LogP contribution in [-0.2, 0) is 0 Å². The van der Waals surface area contributed by atoms with Crippen LogP contribution in [0.5, 0.6) is 5.75 Å². The minimum atomic E-state index is -0.404. The molecule has 7 heteroatoms. The molecule has 0 bridgehead atoms. The molecule has 0 aromatic heterocycles. The Morgan fingerprint density at radius 3 is 2.52 bits per heavy atom. The lowest BCUT2D eigenvalue weighted by atomic mass is 10.2. The van der Waals surface area contributed by atoms with Crippen LogP contribution in [0.4, 0.5) is 5.69 Å². The molecule has 1 amide bonds. The van der Waals surface area contributed by atoms with E-state index in [2.05, 4.69) is 17.6 Å². The highest BCUT2D eigenvalue weighted by atomic mass is 35.5. The van der Waals surface area contributed by atoms with Gasteiger partial charge in [0.1, 0.15) is 5.75 Å². The second-order valence-corrected chi connectivity index (χ2v) is 6.51. The number of ether oxygens (including phenoxy) is 1. The van der Waals surface area contributed by atoms with Gasteiger partial charge in [-0.05, 0) is 61.1 Å². The molecule has 0 saturated carbocycles. The monoisotopic (exact) mass is 396 g/mol. The van der Waals surface area contributed by atoms with Crippen molar-refractivity contribution in [1.82, 2.24) is 5.32 Å². The fourth-order valence-electron chi connectivity index (χ4n) is 1.98. The third-order valence-electron chi connectivity index (χ3n) is 3.28. The standard InChI is InChI=1S/C18H18Cl2N2O2S/c1-2-3-10-24-14-7-5-13(6-8-14)21-18(25)22-17(23)15-9-4-12(19)11-16(15)20/h4-9,11H,2-3,10H2,1H3,(H2,21,22,23,25). The Morgan fingerprint density at radius 1 is 1.16 bits per heavy atom. The highest BCUT2D eigenvalue weighted by molar-refractivity contribution is 7.80. The Bertz CT molecular complexity index is 751. The number of anilines is 1. The van der Waals surface area contributed by atoms with Gasteiger partial charge in [-0.3, -0.25) is 10.1 Å². The smallest absolute Gasteiger partial charge is 0.258 e. The van der Waals surface area contributed by atoms with Crippen molar-refractivity contribution in [3.8, 4) is 5.75 Å². The van der Waals surface area contributed by atoms with Crippen molar-refractivity contribution >= 4 is 52.1 Å². The van der Waals surface area contributed by atoms with Crippen molar-refractivity contribution in [2.45, 2.75) is 19.8 Å². The first kappa shape index (κ1) is 19.5. The molecule has 132 valence electrons. The van der Waals surface area contributed by atoms with Crippen LogP contribution in [0.25, 0.3) is 0 Å². The summed E-state index contributed by atoms with van der Waals surface area (Å²) in [6.45, 7) is 2.81. The summed E-state index contributed by atoms with van der Waals surface area (Å²) < 4.78 is 5.60. The maximum atomic E-state index is 12.2. The number of hydrogen-bond acceptors (Lipinski definition) is 3. The molecular weight excluding hydrogens is 379 g/mol. The van der Waals surface area contributed by atoms with Crippen LogP contribution < -0.4 is 15.4 Å². The number of hydrogen-bond donors (Lipinski definition) is 2. The van der Waals surface area contributed by atoms with E-state index >= 15 is 0 Å². The van der Waals surface area contributed by atoms with E-state index in [1.807, 2.05) is 24.3 Å². The number of unbranched alkanes of at least 4 members (excludes halogenated alkanes) is 1. The van der Waals surface area contributed by atoms with Crippen LogP contribution in [0.15, 0.2) is 42.5 Å². The van der Waals surface area contributed by atoms with E-state index in [0.717, 1.165) is 24.3 Å². The predicted molar refractivity (Wildman–Crippen MR) is 107 cm³/mol. The Kier molecular flexibility index (Phi) is 7.50. The molecule has 25 heavy (non-hydrogen) atoms. The van der Waals surface area contributed by atoms with Gasteiger partial charge in [0.05, 0.1) is 17.2 Å². The van der Waals surface area contributed by atoms with Crippen molar-refractivity contribution in [3.63, 3.8) is 0 Å². The lowest BCUT2D eigenvalue weighted by molar-refractivity contribution is 0.0978. The summed E-state index contributed by atoms with van der Waals surface area (Å²) in [5.74, 6) is 0.389. The van der Waals surface area contributed by atoms with Gasteiger partial charge >= 0.3 is 0 Å². The van der Waals surface area contributed by atoms with Crippen LogP contribution in [0.3, 0.4) is 0 Å². The average molecular weight is 397 g/mol. The predicted octanol–water partition coefficient (Wildman–Crippen LogP) is 5.30. The van der Waals surface area contributed by atoms with Crippen LogP contribution >= 0.6 is 35.4 Å². The van der Waals surface area contributed by atoms with Gasteiger partial charge in [0.15, 0.2) is 5.11 Å². The number of amides is 1. The van der Waals surface area contributed by atoms with Crippen LogP contribution in [0.1, 0.15) is 30.1 Å². The molecule has 0 unspecified atom stereocenters. The zero-order valence-corrected chi connectivity index (χ0v) is 16.0. The molecule has 0 atom stereocenters. The number of benzene rings is 2. The Morgan fingerprint density at radius 2 is 1.88 bits per heavy atom. The summed E-state index contributed by atoms with van der Waals surface area (Å²) >= 11 is 17.0. The molecule has 0 spiro atoms. The van der Waals surface area contributed by atoms with Gasteiger partial charge in [-0.15, -0.1) is 0 Å². The third kappa shape index (κ3) is 6.20. The number of thiocarbonyl (C=S) groups is 1. The number of rotatable bonds is 6. The summed E-state index contributed by atoms with van der Waals surface area (Å²) in [4.78, 5) is 12.2. The van der Waals surface area contributed by atoms with Gasteiger partial charge in [0.2, 0.25) is 0 Å². The Balaban J connectivity index is 1.90. The van der Waals surface area contributed by atoms with Gasteiger partial charge < -0.3 is 10.1 Å². The van der Waals surface area contributed by atoms with Crippen molar-refractivity contribution in [3.05, 3.63) is 58.1 Å². The molecule has 0 saturated heterocycles. The first-order valence-corrected chi connectivity index (χ1v) is 8.96. The van der Waals surface area contributed by atoms with Crippen molar-refractivity contribution in [2.24, 2.45) is 0 Å². The topological polar surface area (TPSA) is 50.4 Å². The minimum Gasteiger partial charge on any atom is -0.494 e. The number of carbonyl (C=O) groups excluding carboxylic acids is 1. The normalized spacial score (nSPS) is 10.2. The Labute approximate surface area is 162 Å². The van der Waals surface area contributed by atoms with E-state index in [1.165, 1.54) is 6.07 Å². The van der Waals surface area contributed by atoms with Crippen LogP contribution in [-0.4, -0.2) is 17.6 Å². The molecule has 0 fully saturated rings. The van der Waals surface area contributed by atoms with Gasteiger partial charge in [0, 0.05) is 10.7 Å². The van der Waals surface area contributed by atoms with Crippen LogP contribution in [0, 0.1) is 0 Å². The molecule has 0 aliphatic heterocycles. The maximum absolute atomic E-state index is 12.2. The Hall–Kier alpha value is -1.82. The van der Waals surface area contributed by atoms with E-state index < -0.39 is 5.91 Å². The first-order valence-electron chi connectivity index (χ1n) is 7.80. The summed E-state index contributed by atoms with van der Waals surface area (Å²) in [6.07, 6.45) is 2.11. The fourth-order valence-corrected chi connectivity index (χ4v) is 2.68. The molecule has 4 nitrogen and oxygen atoms in total. The number of halogens is 2. The molecule has 2 aromatic rings. The zero-order chi connectivity index (χ0) is 18.2. The van der Waals surface area contributed by atoms with E-state index in [1.54, 1.807) is 12.1 Å². The average Bonchev–Trinajstić information content (AvgIpc) is 2.56. The largest absolute Gasteiger partial charge is 0.494 e. The molecule has 2 N–H and O–H groups in total. The highest BCUT2D eigenvalue weighted by Gasteiger charge is 2.12. The van der Waals surface area contributed by atoms with E-state index in [-0.39, 0.29) is 10.1 Å².